The van der Waals surface area contributed by atoms with Gasteiger partial charge < -0.3 is 18.9 Å². The molecule has 0 bridgehead atoms. The summed E-state index contributed by atoms with van der Waals surface area (Å²) >= 11 is 0. The van der Waals surface area contributed by atoms with E-state index >= 15 is 0 Å². The second-order valence-electron chi connectivity index (χ2n) is 9.41. The Morgan fingerprint density at radius 1 is 1.03 bits per heavy atom. The van der Waals surface area contributed by atoms with E-state index in [1.807, 2.05) is 23.7 Å². The molecule has 2 aromatic heterocycles. The van der Waals surface area contributed by atoms with Crippen molar-refractivity contribution in [3.63, 3.8) is 0 Å². The number of hydrogen-bond donors (Lipinski definition) is 1. The quantitative estimate of drug-likeness (QED) is 0.512. The fraction of sp³-hybridized carbons (Fsp3) is 0.577. The summed E-state index contributed by atoms with van der Waals surface area (Å²) in [6.45, 7) is 13.8. The maximum atomic E-state index is 13.5. The molecule has 4 heterocycles. The van der Waals surface area contributed by atoms with Gasteiger partial charge in [0.2, 0.25) is 0 Å². The minimum absolute atomic E-state index is 0.165. The van der Waals surface area contributed by atoms with Crippen molar-refractivity contribution in [2.45, 2.75) is 46.3 Å². The van der Waals surface area contributed by atoms with Gasteiger partial charge in [-0.1, -0.05) is 45.9 Å². The Hall–Kier alpha value is -2.79. The number of anilines is 1. The van der Waals surface area contributed by atoms with Gasteiger partial charge >= 0.3 is 6.03 Å². The number of nitrogens with one attached hydrogen (secondary N) is 1. The number of hydrogen-bond acceptors (Lipinski definition) is 7. The standard InChI is InChI=1S/C26H37N7O3/c1-6-31(7-2)14-17-16-35-25-22-23(29-26(34)33(25)20(36-17)15-32(8-3)9-4)28-24-21(27-22)18-12-10-11-13-19(18)30(24)5/h10-13,17,20,25H,6-9,14-16H2,1-5H3,(H,28,29,34)/t17-,20+,25-/m0/s1. The van der Waals surface area contributed by atoms with Crippen LogP contribution in [-0.2, 0) is 16.5 Å². The number of urea groups is 1. The van der Waals surface area contributed by atoms with Gasteiger partial charge in [0.25, 0.3) is 0 Å². The van der Waals surface area contributed by atoms with Crippen LogP contribution in [0.3, 0.4) is 0 Å². The van der Waals surface area contributed by atoms with E-state index in [1.165, 1.54) is 0 Å². The van der Waals surface area contributed by atoms with E-state index in [2.05, 4.69) is 54.9 Å². The lowest BCUT2D eigenvalue weighted by atomic mass is 10.2. The van der Waals surface area contributed by atoms with Crippen LogP contribution in [0.4, 0.5) is 10.6 Å². The fourth-order valence-corrected chi connectivity index (χ4v) is 5.27. The predicted octanol–water partition coefficient (Wildman–Crippen LogP) is 3.39. The number of carbonyl (C=O) groups is 1. The number of aryl methyl sites for hydroxylation is 1. The monoisotopic (exact) mass is 495 g/mol. The van der Waals surface area contributed by atoms with Crippen LogP contribution < -0.4 is 5.32 Å². The van der Waals surface area contributed by atoms with E-state index in [0.29, 0.717) is 24.7 Å². The first-order valence-electron chi connectivity index (χ1n) is 13.0. The lowest BCUT2D eigenvalue weighted by Crippen LogP contribution is -2.54. The second kappa shape index (κ2) is 10.3. The Morgan fingerprint density at radius 3 is 2.44 bits per heavy atom. The zero-order chi connectivity index (χ0) is 25.4. The summed E-state index contributed by atoms with van der Waals surface area (Å²) in [7, 11) is 1.97. The summed E-state index contributed by atoms with van der Waals surface area (Å²) in [6.07, 6.45) is -1.32. The van der Waals surface area contributed by atoms with Crippen molar-refractivity contribution in [3.05, 3.63) is 30.0 Å². The Kier molecular flexibility index (Phi) is 7.11. The van der Waals surface area contributed by atoms with Gasteiger partial charge in [-0.25, -0.2) is 14.8 Å². The van der Waals surface area contributed by atoms with E-state index in [-0.39, 0.29) is 12.1 Å². The Balaban J connectivity index is 1.58. The van der Waals surface area contributed by atoms with Crippen LogP contribution in [0.2, 0.25) is 0 Å². The van der Waals surface area contributed by atoms with E-state index < -0.39 is 12.5 Å². The molecular formula is C26H37N7O3. The van der Waals surface area contributed by atoms with Crippen molar-refractivity contribution in [1.29, 1.82) is 0 Å². The number of carbonyl (C=O) groups excluding carboxylic acids is 1. The number of amides is 2. The van der Waals surface area contributed by atoms with Crippen molar-refractivity contribution in [2.75, 3.05) is 51.2 Å². The zero-order valence-corrected chi connectivity index (χ0v) is 21.9. The Bertz CT molecular complexity index is 1240. The topological polar surface area (TPSA) is 88.0 Å². The molecule has 3 aromatic rings. The van der Waals surface area contributed by atoms with Crippen LogP contribution in [0.1, 0.15) is 39.6 Å². The first kappa shape index (κ1) is 24.9. The number of aromatic nitrogens is 3. The van der Waals surface area contributed by atoms with E-state index in [9.17, 15) is 4.79 Å². The van der Waals surface area contributed by atoms with Crippen molar-refractivity contribution in [1.82, 2.24) is 29.2 Å². The molecule has 5 rings (SSSR count). The first-order chi connectivity index (χ1) is 17.5. The molecule has 10 heteroatoms. The van der Waals surface area contributed by atoms with Crippen LogP contribution in [0, 0.1) is 0 Å². The highest BCUT2D eigenvalue weighted by Crippen LogP contribution is 2.38. The maximum absolute atomic E-state index is 13.5. The SMILES string of the molecule is CCN(CC)C[C@H]1CO[C@H]2c3nc4c5ccccc5n(C)c4nc3NC(=O)N2[C@@H](CN(CC)CC)O1. The molecular weight excluding hydrogens is 458 g/mol. The van der Waals surface area contributed by atoms with E-state index in [0.717, 1.165) is 54.8 Å². The van der Waals surface area contributed by atoms with E-state index in [4.69, 9.17) is 19.4 Å². The highest BCUT2D eigenvalue weighted by molar-refractivity contribution is 6.05. The minimum Gasteiger partial charge on any atom is -0.350 e. The van der Waals surface area contributed by atoms with Crippen molar-refractivity contribution in [2.24, 2.45) is 7.05 Å². The smallest absolute Gasteiger partial charge is 0.327 e. The summed E-state index contributed by atoms with van der Waals surface area (Å²) in [5, 5.41) is 4.00. The number of fused-ring (bicyclic) bond motifs is 6. The summed E-state index contributed by atoms with van der Waals surface area (Å²) in [4.78, 5) is 29.7. The number of nitrogens with zero attached hydrogens (tertiary/aromatic N) is 6. The van der Waals surface area contributed by atoms with Crippen molar-refractivity contribution >= 4 is 33.9 Å². The zero-order valence-electron chi connectivity index (χ0n) is 21.9. The maximum Gasteiger partial charge on any atom is 0.327 e. The third-order valence-electron chi connectivity index (χ3n) is 7.45. The molecule has 10 nitrogen and oxygen atoms in total. The molecule has 0 saturated carbocycles. The first-order valence-corrected chi connectivity index (χ1v) is 13.0. The number of likely N-dealkylation sites (N-methyl/N-ethyl adjacent to an activating group) is 2. The summed E-state index contributed by atoms with van der Waals surface area (Å²) in [5.41, 5.74) is 3.20. The Labute approximate surface area is 212 Å². The van der Waals surface area contributed by atoms with Crippen LogP contribution in [-0.4, -0.2) is 93.5 Å². The lowest BCUT2D eigenvalue weighted by molar-refractivity contribution is -0.0987. The van der Waals surface area contributed by atoms with Gasteiger partial charge in [-0.05, 0) is 32.2 Å². The second-order valence-corrected chi connectivity index (χ2v) is 9.41. The number of benzene rings is 1. The third kappa shape index (κ3) is 4.32. The van der Waals surface area contributed by atoms with Gasteiger partial charge in [0, 0.05) is 25.5 Å². The molecule has 0 unspecified atom stereocenters. The predicted molar refractivity (Wildman–Crippen MR) is 140 cm³/mol. The number of ether oxygens (including phenoxy) is 2. The molecule has 1 aromatic carbocycles. The fourth-order valence-electron chi connectivity index (χ4n) is 5.27. The van der Waals surface area contributed by atoms with Gasteiger partial charge in [0.1, 0.15) is 17.4 Å². The number of rotatable bonds is 8. The van der Waals surface area contributed by atoms with Crippen LogP contribution in [0.5, 0.6) is 0 Å². The molecule has 1 N–H and O–H groups in total. The average Bonchev–Trinajstić information content (AvgIpc) is 3.05. The summed E-state index contributed by atoms with van der Waals surface area (Å²) in [5.74, 6) is 0.448. The van der Waals surface area contributed by atoms with E-state index in [1.54, 1.807) is 4.90 Å². The van der Waals surface area contributed by atoms with Crippen LogP contribution in [0.25, 0.3) is 22.1 Å². The Morgan fingerprint density at radius 2 is 1.72 bits per heavy atom. The lowest BCUT2D eigenvalue weighted by Gasteiger charge is -2.39. The molecule has 2 aliphatic heterocycles. The molecule has 1 fully saturated rings. The average molecular weight is 496 g/mol. The molecule has 2 aliphatic rings. The minimum atomic E-state index is -0.674. The molecule has 1 saturated heterocycles. The highest BCUT2D eigenvalue weighted by Gasteiger charge is 2.44. The molecule has 0 aliphatic carbocycles. The molecule has 2 amide bonds. The van der Waals surface area contributed by atoms with Gasteiger partial charge in [-0.2, -0.15) is 0 Å². The van der Waals surface area contributed by atoms with Crippen molar-refractivity contribution < 1.29 is 14.3 Å². The summed E-state index contributed by atoms with van der Waals surface area (Å²) in [6, 6.07) is 7.84. The summed E-state index contributed by atoms with van der Waals surface area (Å²) < 4.78 is 15.1. The van der Waals surface area contributed by atoms with Crippen LogP contribution >= 0.6 is 0 Å². The van der Waals surface area contributed by atoms with Gasteiger partial charge in [-0.3, -0.25) is 15.1 Å². The van der Waals surface area contributed by atoms with Gasteiger partial charge in [-0.15, -0.1) is 0 Å². The largest absolute Gasteiger partial charge is 0.350 e. The van der Waals surface area contributed by atoms with Crippen molar-refractivity contribution in [3.8, 4) is 0 Å². The molecule has 3 atom stereocenters. The normalized spacial score (nSPS) is 22.2. The molecule has 194 valence electrons. The molecule has 36 heavy (non-hydrogen) atoms. The van der Waals surface area contributed by atoms with Gasteiger partial charge in [0.05, 0.1) is 18.2 Å². The van der Waals surface area contributed by atoms with Crippen LogP contribution in [0.15, 0.2) is 24.3 Å². The molecule has 0 radical (unpaired) electrons. The highest BCUT2D eigenvalue weighted by atomic mass is 16.6. The number of para-hydroxylation sites is 1. The third-order valence-corrected chi connectivity index (χ3v) is 7.45. The van der Waals surface area contributed by atoms with Gasteiger partial charge in [0.15, 0.2) is 17.7 Å². The molecule has 0 spiro atoms.